The summed E-state index contributed by atoms with van der Waals surface area (Å²) in [5, 5.41) is 7.00. The molecule has 2 heterocycles. The molecule has 6 rings (SSSR count). The molecule has 2 amide bonds. The molecular formula is C28H21F3N4O2S. The van der Waals surface area contributed by atoms with E-state index in [-0.39, 0.29) is 24.3 Å². The summed E-state index contributed by atoms with van der Waals surface area (Å²) in [6, 6.07) is 16.4. The maximum absolute atomic E-state index is 12.9. The van der Waals surface area contributed by atoms with Crippen LogP contribution in [0.5, 0.6) is 0 Å². The van der Waals surface area contributed by atoms with Gasteiger partial charge in [0.25, 0.3) is 5.91 Å². The van der Waals surface area contributed by atoms with Gasteiger partial charge >= 0.3 is 6.18 Å². The van der Waals surface area contributed by atoms with Crippen molar-refractivity contribution in [1.82, 2.24) is 15.3 Å². The molecule has 6 nitrogen and oxygen atoms in total. The number of halogens is 3. The van der Waals surface area contributed by atoms with Crippen LogP contribution >= 0.6 is 11.3 Å². The molecule has 0 bridgehead atoms. The minimum Gasteiger partial charge on any atom is -0.360 e. The number of fused-ring (bicyclic) bond motifs is 2. The van der Waals surface area contributed by atoms with Gasteiger partial charge in [-0.3, -0.25) is 9.59 Å². The number of amides is 2. The zero-order valence-corrected chi connectivity index (χ0v) is 20.7. The Kier molecular flexibility index (Phi) is 5.91. The maximum atomic E-state index is 12.9. The van der Waals surface area contributed by atoms with E-state index in [9.17, 15) is 22.8 Å². The van der Waals surface area contributed by atoms with Gasteiger partial charge in [-0.2, -0.15) is 13.2 Å². The van der Waals surface area contributed by atoms with Gasteiger partial charge in [-0.25, -0.2) is 4.98 Å². The summed E-state index contributed by atoms with van der Waals surface area (Å²) < 4.78 is 39.3. The van der Waals surface area contributed by atoms with Gasteiger partial charge < -0.3 is 15.6 Å². The fourth-order valence-electron chi connectivity index (χ4n) is 4.29. The molecule has 5 aromatic rings. The van der Waals surface area contributed by atoms with Crippen molar-refractivity contribution in [3.05, 3.63) is 83.6 Å². The van der Waals surface area contributed by atoms with Crippen LogP contribution in [0.2, 0.25) is 0 Å². The highest BCUT2D eigenvalue weighted by atomic mass is 32.1. The average Bonchev–Trinajstić information content (AvgIpc) is 3.55. The summed E-state index contributed by atoms with van der Waals surface area (Å²) in [6.45, 7) is 0.102. The van der Waals surface area contributed by atoms with E-state index in [0.29, 0.717) is 16.3 Å². The number of hydrogen-bond donors (Lipinski definition) is 3. The summed E-state index contributed by atoms with van der Waals surface area (Å²) in [4.78, 5) is 32.6. The van der Waals surface area contributed by atoms with E-state index in [1.807, 2.05) is 36.4 Å². The Hall–Kier alpha value is -4.18. The third kappa shape index (κ3) is 4.87. The molecule has 0 atom stereocenters. The number of alkyl halides is 3. The van der Waals surface area contributed by atoms with E-state index in [0.717, 1.165) is 57.2 Å². The molecule has 10 heteroatoms. The van der Waals surface area contributed by atoms with Crippen molar-refractivity contribution in [1.29, 1.82) is 0 Å². The topological polar surface area (TPSA) is 86.9 Å². The first-order chi connectivity index (χ1) is 18.2. The summed E-state index contributed by atoms with van der Waals surface area (Å²) in [5.41, 5.74) is 3.73. The van der Waals surface area contributed by atoms with Gasteiger partial charge in [-0.05, 0) is 65.9 Å². The lowest BCUT2D eigenvalue weighted by molar-refractivity contribution is -0.137. The minimum atomic E-state index is -4.40. The number of thiazole rings is 1. The van der Waals surface area contributed by atoms with Crippen LogP contribution in [0, 0.1) is 5.92 Å². The Morgan fingerprint density at radius 3 is 2.47 bits per heavy atom. The molecule has 0 radical (unpaired) electrons. The summed E-state index contributed by atoms with van der Waals surface area (Å²) >= 11 is 1.42. The second-order valence-electron chi connectivity index (χ2n) is 9.31. The molecule has 0 saturated heterocycles. The largest absolute Gasteiger partial charge is 0.416 e. The fraction of sp³-hybridized carbons (Fsp3) is 0.179. The van der Waals surface area contributed by atoms with Crippen LogP contribution in [0.1, 0.15) is 34.3 Å². The predicted molar refractivity (Wildman–Crippen MR) is 141 cm³/mol. The number of hydrogen-bond acceptors (Lipinski definition) is 4. The number of nitrogens with zero attached hydrogens (tertiary/aromatic N) is 1. The van der Waals surface area contributed by atoms with Crippen LogP contribution in [0.25, 0.3) is 32.2 Å². The Bertz CT molecular complexity index is 1680. The first-order valence-corrected chi connectivity index (χ1v) is 12.8. The number of carbonyl (C=O) groups excluding carboxylic acids is 2. The van der Waals surface area contributed by atoms with Crippen LogP contribution in [0.3, 0.4) is 0 Å². The lowest BCUT2D eigenvalue weighted by Crippen LogP contribution is -2.22. The lowest BCUT2D eigenvalue weighted by atomic mass is 10.0. The molecule has 1 aliphatic carbocycles. The van der Waals surface area contributed by atoms with Crippen molar-refractivity contribution in [3.63, 3.8) is 0 Å². The van der Waals surface area contributed by atoms with E-state index in [2.05, 4.69) is 20.6 Å². The van der Waals surface area contributed by atoms with Crippen LogP contribution in [0.15, 0.2) is 66.9 Å². The molecule has 0 unspecified atom stereocenters. The van der Waals surface area contributed by atoms with E-state index < -0.39 is 11.7 Å². The first-order valence-electron chi connectivity index (χ1n) is 12.0. The molecule has 1 saturated carbocycles. The van der Waals surface area contributed by atoms with Crippen molar-refractivity contribution in [2.24, 2.45) is 5.92 Å². The van der Waals surface area contributed by atoms with Crippen molar-refractivity contribution in [2.45, 2.75) is 25.6 Å². The number of carbonyl (C=O) groups is 2. The van der Waals surface area contributed by atoms with Gasteiger partial charge in [0, 0.05) is 29.6 Å². The Balaban J connectivity index is 1.21. The highest BCUT2D eigenvalue weighted by molar-refractivity contribution is 7.22. The number of anilines is 1. The smallest absolute Gasteiger partial charge is 0.360 e. The van der Waals surface area contributed by atoms with Crippen LogP contribution < -0.4 is 10.6 Å². The SMILES string of the molecule is O=C(NCc1ccc(C(F)(F)F)cc1)c1c[nH]c2ccc(-c3ccc4nc(NC(=O)C5CC5)sc4c3)cc12. The zero-order valence-electron chi connectivity index (χ0n) is 19.9. The molecule has 0 aliphatic heterocycles. The van der Waals surface area contributed by atoms with Crippen molar-refractivity contribution >= 4 is 49.4 Å². The van der Waals surface area contributed by atoms with Crippen LogP contribution in [0.4, 0.5) is 18.3 Å². The Labute approximate surface area is 218 Å². The molecule has 3 aromatic carbocycles. The molecule has 3 N–H and O–H groups in total. The highest BCUT2D eigenvalue weighted by Crippen LogP contribution is 2.35. The zero-order chi connectivity index (χ0) is 26.4. The second-order valence-corrected chi connectivity index (χ2v) is 10.3. The van der Waals surface area contributed by atoms with E-state index in [4.69, 9.17) is 0 Å². The van der Waals surface area contributed by atoms with Gasteiger partial charge in [0.15, 0.2) is 5.13 Å². The van der Waals surface area contributed by atoms with Crippen molar-refractivity contribution in [2.75, 3.05) is 5.32 Å². The van der Waals surface area contributed by atoms with Crippen LogP contribution in [-0.2, 0) is 17.5 Å². The van der Waals surface area contributed by atoms with Gasteiger partial charge in [-0.15, -0.1) is 0 Å². The number of rotatable bonds is 6. The Morgan fingerprint density at radius 1 is 1.00 bits per heavy atom. The first kappa shape index (κ1) is 24.2. The predicted octanol–water partition coefficient (Wildman–Crippen LogP) is 6.74. The van der Waals surface area contributed by atoms with Crippen LogP contribution in [-0.4, -0.2) is 21.8 Å². The Morgan fingerprint density at radius 2 is 1.74 bits per heavy atom. The molecule has 1 fully saturated rings. The third-order valence-electron chi connectivity index (χ3n) is 6.56. The van der Waals surface area contributed by atoms with Gasteiger partial charge in [-0.1, -0.05) is 35.6 Å². The van der Waals surface area contributed by atoms with E-state index >= 15 is 0 Å². The van der Waals surface area contributed by atoms with Gasteiger partial charge in [0.05, 0.1) is 21.3 Å². The average molecular weight is 535 g/mol. The second kappa shape index (κ2) is 9.29. The lowest BCUT2D eigenvalue weighted by Gasteiger charge is -2.09. The number of benzene rings is 3. The van der Waals surface area contributed by atoms with Gasteiger partial charge in [0.2, 0.25) is 5.91 Å². The number of H-pyrrole nitrogens is 1. The van der Waals surface area contributed by atoms with Crippen molar-refractivity contribution in [3.8, 4) is 11.1 Å². The maximum Gasteiger partial charge on any atom is 0.416 e. The molecule has 2 aromatic heterocycles. The van der Waals surface area contributed by atoms with Gasteiger partial charge in [0.1, 0.15) is 0 Å². The summed E-state index contributed by atoms with van der Waals surface area (Å²) in [5.74, 6) is -0.208. The normalized spacial score (nSPS) is 13.7. The molecule has 0 spiro atoms. The van der Waals surface area contributed by atoms with Crippen molar-refractivity contribution < 1.29 is 22.8 Å². The third-order valence-corrected chi connectivity index (χ3v) is 7.49. The standard InChI is InChI=1S/C28H21F3N4O2S/c29-28(30,31)19-7-1-15(2-8-19)13-33-26(37)21-14-32-22-9-5-17(11-20(21)22)18-6-10-23-24(12-18)38-27(34-23)35-25(36)16-3-4-16/h1-2,5-12,14,16,32H,3-4,13H2,(H,33,37)(H,34,35,36). The summed E-state index contributed by atoms with van der Waals surface area (Å²) in [7, 11) is 0. The quantitative estimate of drug-likeness (QED) is 0.225. The minimum absolute atomic E-state index is 0.0197. The molecular weight excluding hydrogens is 513 g/mol. The summed E-state index contributed by atoms with van der Waals surface area (Å²) in [6.07, 6.45) is -0.921. The molecule has 192 valence electrons. The molecule has 1 aliphatic rings. The number of nitrogens with one attached hydrogen (secondary N) is 3. The van der Waals surface area contributed by atoms with E-state index in [1.165, 1.54) is 23.5 Å². The number of aromatic nitrogens is 2. The van der Waals surface area contributed by atoms with E-state index in [1.54, 1.807) is 6.20 Å². The highest BCUT2D eigenvalue weighted by Gasteiger charge is 2.30. The fourth-order valence-corrected chi connectivity index (χ4v) is 5.20. The monoisotopic (exact) mass is 534 g/mol. The number of aromatic amines is 1. The molecule has 38 heavy (non-hydrogen) atoms.